The van der Waals surface area contributed by atoms with Crippen molar-refractivity contribution >= 4 is 43.1 Å². The van der Waals surface area contributed by atoms with E-state index in [0.717, 1.165) is 71.9 Å². The smallest absolute Gasteiger partial charge is 0.257 e. The fourth-order valence-electron chi connectivity index (χ4n) is 6.07. The van der Waals surface area contributed by atoms with Gasteiger partial charge in [-0.3, -0.25) is 23.7 Å². The number of rotatable bonds is 16. The molecule has 0 radical (unpaired) electrons. The maximum absolute atomic E-state index is 14.1. The first-order chi connectivity index (χ1) is 24.6. The number of para-hydroxylation sites is 1. The fourth-order valence-corrected chi connectivity index (χ4v) is 6.54. The molecule has 3 heterocycles. The van der Waals surface area contributed by atoms with Gasteiger partial charge in [0.1, 0.15) is 23.8 Å². The summed E-state index contributed by atoms with van der Waals surface area (Å²) in [7, 11) is 1.84. The Morgan fingerprint density at radius 1 is 1.10 bits per heavy atom. The number of nitrogens with one attached hydrogen (secondary N) is 1. The molecule has 1 amide bonds. The molecule has 0 unspecified atom stereocenters. The van der Waals surface area contributed by atoms with Gasteiger partial charge in [-0.25, -0.2) is 4.98 Å². The van der Waals surface area contributed by atoms with Gasteiger partial charge in [0.25, 0.3) is 5.56 Å². The summed E-state index contributed by atoms with van der Waals surface area (Å²) < 4.78 is 20.2. The highest BCUT2D eigenvalue weighted by Gasteiger charge is 2.23. The van der Waals surface area contributed by atoms with Crippen molar-refractivity contribution in [3.8, 4) is 11.1 Å². The Bertz CT molecular complexity index is 1860. The number of nitrogens with zero attached hydrogens (tertiary/aromatic N) is 6. The molecule has 5 rings (SSSR count). The monoisotopic (exact) mass is 753 g/mol. The van der Waals surface area contributed by atoms with Gasteiger partial charge in [-0.15, -0.1) is 0 Å². The fraction of sp³-hybridized carbons (Fsp3) is 0.459. The van der Waals surface area contributed by atoms with Crippen molar-refractivity contribution in [3.63, 3.8) is 0 Å². The zero-order chi connectivity index (χ0) is 36.5. The number of piperazine rings is 1. The number of anilines is 2. The summed E-state index contributed by atoms with van der Waals surface area (Å²) in [5, 5.41) is 18.2. The third-order valence-corrected chi connectivity index (χ3v) is 9.76. The summed E-state index contributed by atoms with van der Waals surface area (Å²) in [4.78, 5) is 34.1. The summed E-state index contributed by atoms with van der Waals surface area (Å²) in [6.45, 7) is 13.4. The average molecular weight is 754 g/mol. The van der Waals surface area contributed by atoms with Crippen LogP contribution in [0.4, 0.5) is 11.5 Å². The molecule has 0 atom stereocenters. The van der Waals surface area contributed by atoms with E-state index in [9.17, 15) is 14.8 Å². The molecule has 1 aliphatic rings. The molecule has 0 saturated carbocycles. The first kappa shape index (κ1) is 40.9. The Morgan fingerprint density at radius 3 is 2.54 bits per heavy atom. The number of carbonyl (C=O) groups is 1. The Labute approximate surface area is 317 Å². The van der Waals surface area contributed by atoms with Crippen LogP contribution in [0.25, 0.3) is 11.1 Å². The number of hydrogen-bond acceptors (Lipinski definition) is 12. The second-order valence-corrected chi connectivity index (χ2v) is 13.5. The Hall–Kier alpha value is -3.86. The molecule has 4 aromatic rings. The largest absolute Gasteiger partial charge is 0.377 e. The van der Waals surface area contributed by atoms with E-state index in [1.165, 1.54) is 0 Å². The maximum atomic E-state index is 14.1. The van der Waals surface area contributed by atoms with Crippen molar-refractivity contribution in [2.45, 2.75) is 73.5 Å². The van der Waals surface area contributed by atoms with Gasteiger partial charge in [-0.2, -0.15) is 17.8 Å². The third kappa shape index (κ3) is 9.76. The van der Waals surface area contributed by atoms with Crippen molar-refractivity contribution in [2.24, 2.45) is 0 Å². The summed E-state index contributed by atoms with van der Waals surface area (Å²) >= 11 is 0.934. The molecule has 13 nitrogen and oxygen atoms in total. The minimum Gasteiger partial charge on any atom is -0.377 e. The van der Waals surface area contributed by atoms with Crippen molar-refractivity contribution < 1.29 is 23.5 Å². The second kappa shape index (κ2) is 19.3. The van der Waals surface area contributed by atoms with Gasteiger partial charge in [-0.1, -0.05) is 60.1 Å². The van der Waals surface area contributed by atoms with Gasteiger partial charge in [0.2, 0.25) is 11.7 Å². The highest BCUT2D eigenvalue weighted by Crippen LogP contribution is 2.37. The predicted octanol–water partition coefficient (Wildman–Crippen LogP) is 5.66. The van der Waals surface area contributed by atoms with E-state index in [-0.39, 0.29) is 37.2 Å². The number of ether oxygens (including phenoxy) is 1. The van der Waals surface area contributed by atoms with Gasteiger partial charge in [0.15, 0.2) is 0 Å². The van der Waals surface area contributed by atoms with Gasteiger partial charge in [0.05, 0.1) is 25.3 Å². The summed E-state index contributed by atoms with van der Waals surface area (Å²) in [5.74, 6) is 1.45. The lowest BCUT2D eigenvalue weighted by atomic mass is 9.96. The normalized spacial score (nSPS) is 12.9. The maximum Gasteiger partial charge on any atom is 0.257 e. The Morgan fingerprint density at radius 2 is 1.85 bits per heavy atom. The molecule has 52 heavy (non-hydrogen) atoms. The van der Waals surface area contributed by atoms with Crippen molar-refractivity contribution in [3.05, 3.63) is 92.4 Å². The third-order valence-electron chi connectivity index (χ3n) is 9.13. The molecule has 0 aliphatic carbocycles. The molecule has 2 N–H and O–H groups in total. The van der Waals surface area contributed by atoms with Gasteiger partial charge < -0.3 is 19.5 Å². The standard InChI is InChI=1S/C37H49N7O6S.H2S/c1-7-9-14-34-39-26(4)32(22-35(45)42-19-17-38-18-20-42)37(46)43(34)23-28-15-16-30(29(21-28)24-48-8-2)31-12-10-11-13-33(31)41(6)51-50-44(47)36-25(3)27(5)49-40-36;/h10-13,15-16,21,38,47H,7-9,14,17-20,22-24H2,1-6H3;1H2. The van der Waals surface area contributed by atoms with Crippen LogP contribution in [0, 0.1) is 20.8 Å². The van der Waals surface area contributed by atoms with Crippen LogP contribution in [-0.2, 0) is 39.8 Å². The molecule has 282 valence electrons. The first-order valence-corrected chi connectivity index (χ1v) is 18.2. The molecule has 15 heteroatoms. The van der Waals surface area contributed by atoms with E-state index in [2.05, 4.69) is 29.5 Å². The summed E-state index contributed by atoms with van der Waals surface area (Å²) in [6.07, 6.45) is 2.58. The van der Waals surface area contributed by atoms with E-state index in [1.54, 1.807) is 22.7 Å². The highest BCUT2D eigenvalue weighted by atomic mass is 32.2. The van der Waals surface area contributed by atoms with E-state index >= 15 is 0 Å². The molecule has 2 aromatic heterocycles. The number of unbranched alkanes of at least 4 members (excludes halogenated alkanes) is 1. The lowest BCUT2D eigenvalue weighted by Crippen LogP contribution is -2.47. The minimum absolute atomic E-state index is 0. The number of carbonyl (C=O) groups excluding carboxylic acids is 1. The summed E-state index contributed by atoms with van der Waals surface area (Å²) in [6, 6.07) is 14.1. The number of hydrogen-bond donors (Lipinski definition) is 2. The molecular formula is C37H51N7O6S2. The van der Waals surface area contributed by atoms with Crippen LogP contribution in [0.2, 0.25) is 0 Å². The van der Waals surface area contributed by atoms with Crippen LogP contribution < -0.4 is 20.4 Å². The van der Waals surface area contributed by atoms with Gasteiger partial charge in [0, 0.05) is 68.6 Å². The van der Waals surface area contributed by atoms with Crippen LogP contribution >= 0.6 is 25.7 Å². The number of amides is 1. The molecule has 0 spiro atoms. The lowest BCUT2D eigenvalue weighted by molar-refractivity contribution is -0.131. The van der Waals surface area contributed by atoms with Crippen LogP contribution in [0.15, 0.2) is 51.8 Å². The number of benzene rings is 2. The van der Waals surface area contributed by atoms with Crippen molar-refractivity contribution in [1.82, 2.24) is 24.9 Å². The average Bonchev–Trinajstić information content (AvgIpc) is 3.49. The van der Waals surface area contributed by atoms with E-state index in [1.807, 2.05) is 56.1 Å². The molecular weight excluding hydrogens is 703 g/mol. The highest BCUT2D eigenvalue weighted by molar-refractivity contribution is 7.96. The number of aryl methyl sites for hydroxylation is 3. The quantitative estimate of drug-likeness (QED) is 0.0829. The molecule has 1 aliphatic heterocycles. The summed E-state index contributed by atoms with van der Waals surface area (Å²) in [5.41, 5.74) is 6.20. The molecule has 0 bridgehead atoms. The second-order valence-electron chi connectivity index (χ2n) is 12.6. The molecule has 1 fully saturated rings. The molecule has 2 aromatic carbocycles. The minimum atomic E-state index is -0.162. The van der Waals surface area contributed by atoms with Crippen LogP contribution in [0.1, 0.15) is 66.2 Å². The zero-order valence-electron chi connectivity index (χ0n) is 30.9. The Kier molecular flexibility index (Phi) is 15.2. The number of aromatic nitrogens is 3. The zero-order valence-corrected chi connectivity index (χ0v) is 32.7. The first-order valence-electron chi connectivity index (χ1n) is 17.5. The Balaban J connectivity index is 0.00000605. The van der Waals surface area contributed by atoms with E-state index in [4.69, 9.17) is 18.5 Å². The lowest BCUT2D eigenvalue weighted by Gasteiger charge is -2.27. The van der Waals surface area contributed by atoms with Crippen molar-refractivity contribution in [1.29, 1.82) is 0 Å². The molecule has 1 saturated heterocycles. The van der Waals surface area contributed by atoms with Gasteiger partial charge in [-0.05, 0) is 56.9 Å². The van der Waals surface area contributed by atoms with Gasteiger partial charge >= 0.3 is 0 Å². The van der Waals surface area contributed by atoms with E-state index < -0.39 is 0 Å². The van der Waals surface area contributed by atoms with Crippen LogP contribution in [0.3, 0.4) is 0 Å². The SMILES string of the molecule is CCCCc1nc(C)c(CC(=O)N2CCNCC2)c(=O)n1Cc1ccc(-c2ccccc2N(C)SON(O)c2noc(C)c2C)c(COCC)c1.S. The topological polar surface area (TPSA) is 138 Å². The van der Waals surface area contributed by atoms with Crippen molar-refractivity contribution in [2.75, 3.05) is 49.4 Å². The predicted molar refractivity (Wildman–Crippen MR) is 209 cm³/mol. The van der Waals surface area contributed by atoms with Crippen LogP contribution in [-0.4, -0.2) is 70.6 Å². The van der Waals surface area contributed by atoms with E-state index in [0.29, 0.717) is 67.1 Å². The van der Waals surface area contributed by atoms with Crippen LogP contribution in [0.5, 0.6) is 0 Å².